The third kappa shape index (κ3) is 6.74. The van der Waals surface area contributed by atoms with Crippen molar-refractivity contribution in [3.05, 3.63) is 29.3 Å². The van der Waals surface area contributed by atoms with Gasteiger partial charge in [0.1, 0.15) is 5.75 Å². The van der Waals surface area contributed by atoms with E-state index in [0.29, 0.717) is 42.3 Å². The quantitative estimate of drug-likeness (QED) is 0.190. The Kier molecular flexibility index (Phi) is 9.88. The molecule has 0 radical (unpaired) electrons. The van der Waals surface area contributed by atoms with Gasteiger partial charge >= 0.3 is 12.1 Å². The lowest BCUT2D eigenvalue weighted by atomic mass is 9.52. The highest BCUT2D eigenvalue weighted by atomic mass is 32.2. The van der Waals surface area contributed by atoms with Crippen molar-refractivity contribution in [3.8, 4) is 5.75 Å². The topological polar surface area (TPSA) is 63.6 Å². The molecule has 8 atom stereocenters. The van der Waals surface area contributed by atoms with Crippen LogP contribution in [-0.2, 0) is 22.0 Å². The molecule has 1 N–H and O–H groups in total. The molecule has 0 aliphatic heterocycles. The molecule has 2 fully saturated rings. The molecule has 1 aromatic rings. The van der Waals surface area contributed by atoms with E-state index in [4.69, 9.17) is 4.74 Å². The SMILES string of the molecule is CC(CCC1Cc2cc(OC=O)ccc2C2CCC3(C)C(O)CCC3C12)CC(C)(C)S(=O)CCCC(F)(F)C(F)(F)F. The second-order valence-electron chi connectivity index (χ2n) is 14.0. The van der Waals surface area contributed by atoms with E-state index in [1.54, 1.807) is 13.8 Å². The van der Waals surface area contributed by atoms with E-state index in [9.17, 15) is 36.1 Å². The lowest BCUT2D eigenvalue weighted by Gasteiger charge is -2.53. The predicted octanol–water partition coefficient (Wildman–Crippen LogP) is 7.98. The first-order valence-electron chi connectivity index (χ1n) is 15.2. The Hall–Kier alpha value is -1.55. The molecule has 2 saturated carbocycles. The van der Waals surface area contributed by atoms with Crippen LogP contribution >= 0.6 is 0 Å². The van der Waals surface area contributed by atoms with E-state index < -0.39 is 40.5 Å². The predicted molar refractivity (Wildman–Crippen MR) is 153 cm³/mol. The molecule has 42 heavy (non-hydrogen) atoms. The minimum atomic E-state index is -5.59. The number of aliphatic hydroxyl groups is 1. The molecular weight excluding hydrogens is 575 g/mol. The summed E-state index contributed by atoms with van der Waals surface area (Å²) >= 11 is 0. The monoisotopic (exact) mass is 620 g/mol. The molecule has 8 unspecified atom stereocenters. The normalized spacial score (nSPS) is 31.0. The van der Waals surface area contributed by atoms with E-state index in [0.717, 1.165) is 44.9 Å². The molecule has 1 aromatic carbocycles. The first kappa shape index (κ1) is 33.3. The van der Waals surface area contributed by atoms with Gasteiger partial charge in [-0.3, -0.25) is 9.00 Å². The minimum absolute atomic E-state index is 0.0923. The summed E-state index contributed by atoms with van der Waals surface area (Å²) in [4.78, 5) is 11.0. The van der Waals surface area contributed by atoms with Crippen LogP contribution < -0.4 is 4.74 Å². The molecule has 0 saturated heterocycles. The number of fused-ring (bicyclic) bond motifs is 5. The molecule has 238 valence electrons. The van der Waals surface area contributed by atoms with Gasteiger partial charge in [0, 0.05) is 27.7 Å². The van der Waals surface area contributed by atoms with Gasteiger partial charge in [0.25, 0.3) is 6.47 Å². The number of ether oxygens (including phenoxy) is 1. The van der Waals surface area contributed by atoms with Crippen LogP contribution in [0.5, 0.6) is 5.75 Å². The zero-order valence-corrected chi connectivity index (χ0v) is 25.8. The Bertz CT molecular complexity index is 1140. The molecule has 3 aliphatic rings. The summed E-state index contributed by atoms with van der Waals surface area (Å²) in [6.07, 6.45) is -0.660. The van der Waals surface area contributed by atoms with Crippen molar-refractivity contribution in [2.75, 3.05) is 5.75 Å². The van der Waals surface area contributed by atoms with Crippen LogP contribution in [0.2, 0.25) is 0 Å². The summed E-state index contributed by atoms with van der Waals surface area (Å²) in [5.74, 6) is -2.66. The largest absolute Gasteiger partial charge is 0.453 e. The van der Waals surface area contributed by atoms with Gasteiger partial charge in [-0.05, 0) is 123 Å². The van der Waals surface area contributed by atoms with Crippen molar-refractivity contribution < 1.29 is 40.8 Å². The maximum atomic E-state index is 13.3. The number of hydrogen-bond donors (Lipinski definition) is 1. The molecular formula is C32H45F5O4S. The van der Waals surface area contributed by atoms with E-state index in [2.05, 4.69) is 19.9 Å². The van der Waals surface area contributed by atoms with Crippen LogP contribution in [0.3, 0.4) is 0 Å². The van der Waals surface area contributed by atoms with Gasteiger partial charge in [0.05, 0.1) is 6.10 Å². The summed E-state index contributed by atoms with van der Waals surface area (Å²) in [6, 6.07) is 5.93. The third-order valence-electron chi connectivity index (χ3n) is 10.7. The van der Waals surface area contributed by atoms with Gasteiger partial charge in [-0.2, -0.15) is 22.0 Å². The van der Waals surface area contributed by atoms with Crippen molar-refractivity contribution in [2.24, 2.45) is 29.1 Å². The highest BCUT2D eigenvalue weighted by Gasteiger charge is 2.57. The molecule has 0 amide bonds. The average Bonchev–Trinajstić information content (AvgIpc) is 3.20. The number of halogens is 5. The molecule has 10 heteroatoms. The van der Waals surface area contributed by atoms with Crippen LogP contribution in [0.1, 0.15) is 103 Å². The Morgan fingerprint density at radius 2 is 1.88 bits per heavy atom. The van der Waals surface area contributed by atoms with Gasteiger partial charge in [-0.25, -0.2) is 0 Å². The van der Waals surface area contributed by atoms with E-state index in [1.165, 1.54) is 11.1 Å². The Morgan fingerprint density at radius 1 is 1.17 bits per heavy atom. The number of alkyl halides is 5. The highest BCUT2D eigenvalue weighted by molar-refractivity contribution is 7.86. The number of benzene rings is 1. The fraction of sp³-hybridized carbons (Fsp3) is 0.781. The van der Waals surface area contributed by atoms with Crippen LogP contribution in [0.25, 0.3) is 0 Å². The summed E-state index contributed by atoms with van der Waals surface area (Å²) in [5, 5.41) is 10.9. The summed E-state index contributed by atoms with van der Waals surface area (Å²) in [7, 11) is -1.55. The average molecular weight is 621 g/mol. The van der Waals surface area contributed by atoms with Crippen LogP contribution in [0.15, 0.2) is 18.2 Å². The number of aliphatic hydroxyl groups excluding tert-OH is 1. The first-order valence-corrected chi connectivity index (χ1v) is 16.6. The van der Waals surface area contributed by atoms with E-state index in [1.807, 2.05) is 12.1 Å². The number of rotatable bonds is 12. The zero-order valence-electron chi connectivity index (χ0n) is 25.0. The molecule has 3 aliphatic carbocycles. The fourth-order valence-corrected chi connectivity index (χ4v) is 9.96. The van der Waals surface area contributed by atoms with Crippen molar-refractivity contribution in [1.29, 1.82) is 0 Å². The van der Waals surface area contributed by atoms with Crippen molar-refractivity contribution >= 4 is 17.3 Å². The summed E-state index contributed by atoms with van der Waals surface area (Å²) in [5.41, 5.74) is 2.43. The second-order valence-corrected chi connectivity index (χ2v) is 16.2. The third-order valence-corrected chi connectivity index (χ3v) is 12.8. The molecule has 0 spiro atoms. The molecule has 4 rings (SSSR count). The maximum absolute atomic E-state index is 13.3. The van der Waals surface area contributed by atoms with Crippen molar-refractivity contribution in [1.82, 2.24) is 0 Å². The Labute approximate surface area is 248 Å². The molecule has 0 heterocycles. The summed E-state index contributed by atoms with van der Waals surface area (Å²) in [6.45, 7) is 8.37. The number of carbonyl (C=O) groups excluding carboxylic acids is 1. The molecule has 4 nitrogen and oxygen atoms in total. The first-order chi connectivity index (χ1) is 19.5. The van der Waals surface area contributed by atoms with Crippen molar-refractivity contribution in [3.63, 3.8) is 0 Å². The molecule has 0 aromatic heterocycles. The fourth-order valence-electron chi connectivity index (χ4n) is 8.53. The van der Waals surface area contributed by atoms with Gasteiger partial charge in [-0.15, -0.1) is 0 Å². The molecule has 0 bridgehead atoms. The standard InChI is InChI=1S/C32H45F5O4S/c1-20(18-29(2,3)42(40)15-5-13-31(33,34)32(35,36)37)6-7-21-16-22-17-23(41-19-38)8-9-24(22)25-12-14-30(4)26(28(21)25)10-11-27(30)39/h8-9,17,19-21,25-28,39H,5-7,10-16,18H2,1-4H3. The van der Waals surface area contributed by atoms with Crippen LogP contribution in [-0.4, -0.2) is 44.5 Å². The van der Waals surface area contributed by atoms with Gasteiger partial charge in [-0.1, -0.05) is 26.3 Å². The lowest BCUT2D eigenvalue weighted by molar-refractivity contribution is -0.284. The minimum Gasteiger partial charge on any atom is -0.429 e. The lowest BCUT2D eigenvalue weighted by Crippen LogP contribution is -2.47. The number of carbonyl (C=O) groups is 1. The highest BCUT2D eigenvalue weighted by Crippen LogP contribution is 2.63. The van der Waals surface area contributed by atoms with E-state index in [-0.39, 0.29) is 23.2 Å². The van der Waals surface area contributed by atoms with Crippen LogP contribution in [0, 0.1) is 29.1 Å². The van der Waals surface area contributed by atoms with Gasteiger partial charge in [0.15, 0.2) is 0 Å². The zero-order chi connectivity index (χ0) is 31.1. The van der Waals surface area contributed by atoms with Crippen LogP contribution in [0.4, 0.5) is 22.0 Å². The van der Waals surface area contributed by atoms with Gasteiger partial charge < -0.3 is 9.84 Å². The second kappa shape index (κ2) is 12.4. The Balaban J connectivity index is 1.43. The van der Waals surface area contributed by atoms with Crippen molar-refractivity contribution in [2.45, 2.75) is 121 Å². The maximum Gasteiger partial charge on any atom is 0.453 e. The number of hydrogen-bond acceptors (Lipinski definition) is 4. The van der Waals surface area contributed by atoms with E-state index >= 15 is 0 Å². The smallest absolute Gasteiger partial charge is 0.429 e. The van der Waals surface area contributed by atoms with Gasteiger partial charge in [0.2, 0.25) is 0 Å². The Morgan fingerprint density at radius 3 is 2.55 bits per heavy atom. The summed E-state index contributed by atoms with van der Waals surface area (Å²) < 4.78 is 81.5.